The molecule has 4 N–H and O–H groups in total. The van der Waals surface area contributed by atoms with Gasteiger partial charge in [-0.2, -0.15) is 0 Å². The Labute approximate surface area is 242 Å². The van der Waals surface area contributed by atoms with Crippen LogP contribution in [0, 0.1) is 29.6 Å². The molecule has 0 aliphatic heterocycles. The molecule has 2 fully saturated rings. The van der Waals surface area contributed by atoms with Gasteiger partial charge in [-0.15, -0.1) is 0 Å². The molecule has 9 nitrogen and oxygen atoms in total. The van der Waals surface area contributed by atoms with E-state index in [0.717, 1.165) is 11.1 Å². The number of phenolic OH excluding ortho intramolecular Hbond substituents is 1. The van der Waals surface area contributed by atoms with Gasteiger partial charge < -0.3 is 15.9 Å². The number of nitrogens with two attached hydrogens (primary N) is 1. The van der Waals surface area contributed by atoms with E-state index in [0.29, 0.717) is 24.0 Å². The standard InChI is InChI=1S/C32H35FN2O7/c1-15(10-11-33)12-16-4-6-17(7-5-16)19-8-9-22(36)24-20(19)13-18-14-21-26(35(2)3)28(38)25(31(34)41)30(40)32(21,42)29(39)23(18)27(24)37/h4-9,15,18,21,23,25-26,36,42H,10-14H2,1-3H3,(H2,34,41). The zero-order valence-corrected chi connectivity index (χ0v) is 23.8. The molecule has 5 rings (SSSR count). The zero-order valence-electron chi connectivity index (χ0n) is 23.8. The third-order valence-electron chi connectivity index (χ3n) is 9.40. The van der Waals surface area contributed by atoms with Crippen LogP contribution in [0.2, 0.25) is 0 Å². The molecule has 0 radical (unpaired) electrons. The highest BCUT2D eigenvalue weighted by atomic mass is 19.1. The third kappa shape index (κ3) is 4.48. The van der Waals surface area contributed by atoms with E-state index in [9.17, 15) is 38.6 Å². The Morgan fingerprint density at radius 3 is 2.36 bits per heavy atom. The number of nitrogens with zero attached hydrogens (tertiary/aromatic N) is 1. The number of amides is 1. The Kier molecular flexibility index (Phi) is 7.66. The number of primary amides is 1. The number of ketones is 4. The molecule has 10 heteroatoms. The smallest absolute Gasteiger partial charge is 0.235 e. The molecule has 222 valence electrons. The SMILES string of the molecule is CC(CCF)Cc1ccc(-c2ccc(O)c3c2CC2CC4C(N(C)C)C(=O)C(C(N)=O)C(=O)C4(O)C(=O)C2C3=O)cc1. The number of carbonyl (C=O) groups is 5. The maximum atomic E-state index is 13.9. The lowest BCUT2D eigenvalue weighted by Crippen LogP contribution is -2.74. The second kappa shape index (κ2) is 10.8. The zero-order chi connectivity index (χ0) is 30.7. The molecule has 7 atom stereocenters. The van der Waals surface area contributed by atoms with Crippen molar-refractivity contribution < 1.29 is 38.6 Å². The minimum absolute atomic E-state index is 0.00953. The summed E-state index contributed by atoms with van der Waals surface area (Å²) in [7, 11) is 3.10. The van der Waals surface area contributed by atoms with Gasteiger partial charge in [-0.3, -0.25) is 33.3 Å². The number of Topliss-reactive ketones (excluding diaryl/α,β-unsaturated/α-hetero) is 4. The minimum Gasteiger partial charge on any atom is -0.507 e. The lowest BCUT2D eigenvalue weighted by Gasteiger charge is -2.52. The van der Waals surface area contributed by atoms with Crippen molar-refractivity contribution in [2.24, 2.45) is 35.3 Å². The molecule has 0 spiro atoms. The van der Waals surface area contributed by atoms with E-state index in [1.54, 1.807) is 20.2 Å². The minimum atomic E-state index is -2.75. The maximum absolute atomic E-state index is 13.9. The number of hydrogen-bond acceptors (Lipinski definition) is 8. The largest absolute Gasteiger partial charge is 0.507 e. The number of aliphatic hydroxyl groups is 1. The fourth-order valence-electron chi connectivity index (χ4n) is 7.39. The van der Waals surface area contributed by atoms with Crippen LogP contribution in [0.15, 0.2) is 36.4 Å². The van der Waals surface area contributed by atoms with Gasteiger partial charge in [0.2, 0.25) is 5.91 Å². The van der Waals surface area contributed by atoms with E-state index < -0.39 is 64.4 Å². The molecule has 0 saturated heterocycles. The predicted molar refractivity (Wildman–Crippen MR) is 150 cm³/mol. The first-order valence-corrected chi connectivity index (χ1v) is 14.2. The topological polar surface area (TPSA) is 155 Å². The first kappa shape index (κ1) is 29.7. The Balaban J connectivity index is 1.56. The Morgan fingerprint density at radius 1 is 1.10 bits per heavy atom. The van der Waals surface area contributed by atoms with Crippen LogP contribution >= 0.6 is 0 Å². The molecule has 7 unspecified atom stereocenters. The Hall–Kier alpha value is -3.76. The van der Waals surface area contributed by atoms with E-state index in [4.69, 9.17) is 5.73 Å². The van der Waals surface area contributed by atoms with Crippen LogP contribution in [-0.4, -0.2) is 76.6 Å². The van der Waals surface area contributed by atoms with E-state index in [2.05, 4.69) is 0 Å². The fourth-order valence-corrected chi connectivity index (χ4v) is 7.39. The third-order valence-corrected chi connectivity index (χ3v) is 9.40. The molecule has 1 amide bonds. The van der Waals surface area contributed by atoms with Gasteiger partial charge in [-0.25, -0.2) is 0 Å². The van der Waals surface area contributed by atoms with Crippen molar-refractivity contribution in [1.82, 2.24) is 4.90 Å². The summed E-state index contributed by atoms with van der Waals surface area (Å²) in [5.74, 6) is -10.5. The Bertz CT molecular complexity index is 1490. The molecule has 0 heterocycles. The van der Waals surface area contributed by atoms with Crippen LogP contribution in [0.5, 0.6) is 5.75 Å². The summed E-state index contributed by atoms with van der Waals surface area (Å²) in [5, 5.41) is 22.5. The van der Waals surface area contributed by atoms with Crippen LogP contribution in [0.3, 0.4) is 0 Å². The van der Waals surface area contributed by atoms with E-state index in [1.807, 2.05) is 31.2 Å². The average molecular weight is 579 g/mol. The molecule has 2 aromatic rings. The molecule has 0 bridgehead atoms. The number of fused-ring (bicyclic) bond motifs is 3. The molecular weight excluding hydrogens is 543 g/mol. The summed E-state index contributed by atoms with van der Waals surface area (Å²) in [4.78, 5) is 68.1. The molecular formula is C32H35FN2O7. The molecule has 3 aliphatic rings. The van der Waals surface area contributed by atoms with Crippen molar-refractivity contribution in [2.45, 2.75) is 44.2 Å². The number of hydrogen-bond donors (Lipinski definition) is 3. The first-order valence-electron chi connectivity index (χ1n) is 14.2. The van der Waals surface area contributed by atoms with Gasteiger partial charge in [0.1, 0.15) is 5.75 Å². The van der Waals surface area contributed by atoms with Crippen molar-refractivity contribution in [3.05, 3.63) is 53.1 Å². The quantitative estimate of drug-likeness (QED) is 0.422. The van der Waals surface area contributed by atoms with Crippen LogP contribution in [0.4, 0.5) is 4.39 Å². The van der Waals surface area contributed by atoms with Gasteiger partial charge in [0, 0.05) is 5.92 Å². The van der Waals surface area contributed by atoms with Crippen molar-refractivity contribution in [3.63, 3.8) is 0 Å². The van der Waals surface area contributed by atoms with Crippen LogP contribution in [0.1, 0.15) is 41.3 Å². The van der Waals surface area contributed by atoms with Crippen molar-refractivity contribution in [1.29, 1.82) is 0 Å². The summed E-state index contributed by atoms with van der Waals surface area (Å²) in [6.07, 6.45) is 1.37. The van der Waals surface area contributed by atoms with Crippen molar-refractivity contribution in [2.75, 3.05) is 20.8 Å². The number of alkyl halides is 1. The number of aromatic hydroxyl groups is 1. The molecule has 2 saturated carbocycles. The highest BCUT2D eigenvalue weighted by Crippen LogP contribution is 2.51. The molecule has 3 aliphatic carbocycles. The summed E-state index contributed by atoms with van der Waals surface area (Å²) in [6, 6.07) is 9.62. The fraction of sp³-hybridized carbons (Fsp3) is 0.469. The molecule has 0 aromatic heterocycles. The number of carbonyl (C=O) groups excluding carboxylic acids is 5. The van der Waals surface area contributed by atoms with Gasteiger partial charge in [0.05, 0.1) is 24.2 Å². The number of benzene rings is 2. The molecule has 42 heavy (non-hydrogen) atoms. The lowest BCUT2D eigenvalue weighted by atomic mass is 9.52. The van der Waals surface area contributed by atoms with Crippen LogP contribution < -0.4 is 5.73 Å². The summed E-state index contributed by atoms with van der Waals surface area (Å²) in [5.41, 5.74) is 5.63. The van der Waals surface area contributed by atoms with Gasteiger partial charge >= 0.3 is 0 Å². The van der Waals surface area contributed by atoms with Gasteiger partial charge in [-0.1, -0.05) is 37.3 Å². The summed E-state index contributed by atoms with van der Waals surface area (Å²) < 4.78 is 12.7. The number of halogens is 1. The van der Waals surface area contributed by atoms with E-state index in [-0.39, 0.29) is 36.7 Å². The Morgan fingerprint density at radius 2 is 1.76 bits per heavy atom. The average Bonchev–Trinajstić information content (AvgIpc) is 2.91. The van der Waals surface area contributed by atoms with Crippen LogP contribution in [-0.2, 0) is 32.0 Å². The van der Waals surface area contributed by atoms with Gasteiger partial charge in [0.25, 0.3) is 0 Å². The van der Waals surface area contributed by atoms with Crippen molar-refractivity contribution >= 4 is 29.0 Å². The molecule has 2 aromatic carbocycles. The second-order valence-electron chi connectivity index (χ2n) is 12.3. The monoisotopic (exact) mass is 578 g/mol. The predicted octanol–water partition coefficient (Wildman–Crippen LogP) is 2.07. The van der Waals surface area contributed by atoms with Gasteiger partial charge in [-0.05, 0) is 79.9 Å². The second-order valence-corrected chi connectivity index (χ2v) is 12.3. The number of rotatable bonds is 7. The van der Waals surface area contributed by atoms with E-state index in [1.165, 1.54) is 11.0 Å². The highest BCUT2D eigenvalue weighted by molar-refractivity contribution is 6.32. The van der Waals surface area contributed by atoms with E-state index >= 15 is 0 Å². The summed E-state index contributed by atoms with van der Waals surface area (Å²) >= 11 is 0. The van der Waals surface area contributed by atoms with Gasteiger partial charge in [0.15, 0.2) is 34.7 Å². The normalized spacial score (nSPS) is 29.6. The van der Waals surface area contributed by atoms with Crippen molar-refractivity contribution in [3.8, 4) is 16.9 Å². The summed E-state index contributed by atoms with van der Waals surface area (Å²) in [6.45, 7) is 1.61. The number of phenols is 1. The highest BCUT2D eigenvalue weighted by Gasteiger charge is 2.69. The number of likely N-dealkylation sites (N-methyl/N-ethyl adjacent to an activating group) is 1. The first-order chi connectivity index (χ1) is 19.8. The maximum Gasteiger partial charge on any atom is 0.235 e. The lowest BCUT2D eigenvalue weighted by molar-refractivity contribution is -0.181. The van der Waals surface area contributed by atoms with Crippen LogP contribution in [0.25, 0.3) is 11.1 Å².